The average molecular weight is 209 g/mol. The van der Waals surface area contributed by atoms with Crippen molar-refractivity contribution in [1.82, 2.24) is 5.32 Å². The van der Waals surface area contributed by atoms with Gasteiger partial charge in [-0.3, -0.25) is 10.1 Å². The lowest BCUT2D eigenvalue weighted by molar-refractivity contribution is -0.149. The summed E-state index contributed by atoms with van der Waals surface area (Å²) in [5.41, 5.74) is 3.98. The molecule has 2 rings (SSSR count). The van der Waals surface area contributed by atoms with Gasteiger partial charge in [0.25, 0.3) is 0 Å². The van der Waals surface area contributed by atoms with Gasteiger partial charge in [0, 0.05) is 6.42 Å². The van der Waals surface area contributed by atoms with Gasteiger partial charge in [0.15, 0.2) is 11.5 Å². The van der Waals surface area contributed by atoms with Gasteiger partial charge in [0.2, 0.25) is 5.91 Å². The van der Waals surface area contributed by atoms with Crippen LogP contribution in [0.1, 0.15) is 12.8 Å². The molecular formula is C9H11N3O3. The third-order valence-electron chi connectivity index (χ3n) is 2.80. The van der Waals surface area contributed by atoms with Crippen LogP contribution in [-0.4, -0.2) is 28.5 Å². The summed E-state index contributed by atoms with van der Waals surface area (Å²) in [5, 5.41) is 11.5. The first kappa shape index (κ1) is 9.70. The fourth-order valence-electron chi connectivity index (χ4n) is 2.02. The normalized spacial score (nSPS) is 34.0. The van der Waals surface area contributed by atoms with Crippen molar-refractivity contribution in [2.24, 2.45) is 16.6 Å². The number of nitrogens with zero attached hydrogens (tertiary/aromatic N) is 1. The molecular weight excluding hydrogens is 198 g/mol. The van der Waals surface area contributed by atoms with Gasteiger partial charge in [-0.05, 0) is 6.42 Å². The van der Waals surface area contributed by atoms with E-state index in [-0.39, 0.29) is 18.3 Å². The molecule has 0 aromatic heterocycles. The Morgan fingerprint density at radius 3 is 3.07 bits per heavy atom. The minimum atomic E-state index is -1.40. The molecule has 0 saturated heterocycles. The van der Waals surface area contributed by atoms with Crippen LogP contribution in [0.25, 0.3) is 0 Å². The monoisotopic (exact) mass is 209 g/mol. The minimum Gasteiger partial charge on any atom is -0.479 e. The van der Waals surface area contributed by atoms with E-state index < -0.39 is 17.4 Å². The van der Waals surface area contributed by atoms with E-state index in [0.717, 1.165) is 0 Å². The number of nitrogens with one attached hydrogen (secondary N) is 1. The number of carbonyl (C=O) groups excluding carboxylic acids is 1. The molecule has 2 atom stereocenters. The maximum Gasteiger partial charge on any atom is 0.332 e. The zero-order chi connectivity index (χ0) is 11.1. The Hall–Kier alpha value is -1.85. The topological polar surface area (TPSA) is 105 Å². The number of rotatable bonds is 1. The number of guanidine groups is 1. The highest BCUT2D eigenvalue weighted by Gasteiger charge is 2.52. The first-order chi connectivity index (χ1) is 7.06. The largest absolute Gasteiger partial charge is 0.479 e. The molecule has 0 radical (unpaired) electrons. The van der Waals surface area contributed by atoms with Gasteiger partial charge in [-0.25, -0.2) is 9.79 Å². The number of hydrogen-bond acceptors (Lipinski definition) is 4. The number of aliphatic imine (C=N–C) groups is 1. The Morgan fingerprint density at radius 1 is 1.67 bits per heavy atom. The van der Waals surface area contributed by atoms with Crippen LogP contribution in [-0.2, 0) is 9.59 Å². The molecule has 80 valence electrons. The van der Waals surface area contributed by atoms with E-state index >= 15 is 0 Å². The lowest BCUT2D eigenvalue weighted by atomic mass is 9.75. The maximum atomic E-state index is 11.6. The summed E-state index contributed by atoms with van der Waals surface area (Å²) in [4.78, 5) is 26.7. The van der Waals surface area contributed by atoms with Gasteiger partial charge in [0.1, 0.15) is 0 Å². The molecule has 1 aliphatic heterocycles. The average Bonchev–Trinajstić information content (AvgIpc) is 2.17. The van der Waals surface area contributed by atoms with Crippen LogP contribution in [0.5, 0.6) is 0 Å². The number of amides is 1. The van der Waals surface area contributed by atoms with E-state index in [1.165, 1.54) is 0 Å². The summed E-state index contributed by atoms with van der Waals surface area (Å²) < 4.78 is 0. The number of carboxylic acid groups (broad SMARTS) is 1. The molecule has 1 amide bonds. The van der Waals surface area contributed by atoms with Crippen LogP contribution in [0.3, 0.4) is 0 Å². The smallest absolute Gasteiger partial charge is 0.332 e. The summed E-state index contributed by atoms with van der Waals surface area (Å²) in [6.45, 7) is 0. The zero-order valence-corrected chi connectivity index (χ0v) is 7.93. The van der Waals surface area contributed by atoms with Crippen molar-refractivity contribution in [3.05, 3.63) is 12.2 Å². The van der Waals surface area contributed by atoms with Crippen LogP contribution in [0.15, 0.2) is 17.1 Å². The van der Waals surface area contributed by atoms with Crippen LogP contribution in [0, 0.1) is 5.92 Å². The number of carbonyl (C=O) groups is 2. The highest BCUT2D eigenvalue weighted by molar-refractivity contribution is 6.04. The standard InChI is InChI=1S/C9H11N3O3/c10-8-11-6(13)5-3-1-2-4-9(5,12-8)7(14)15/h1-2,5H,3-4H2,(H,14,15)(H3,10,11,12,13). The third kappa shape index (κ3) is 1.29. The van der Waals surface area contributed by atoms with Crippen molar-refractivity contribution in [3.8, 4) is 0 Å². The van der Waals surface area contributed by atoms with Crippen molar-refractivity contribution in [2.45, 2.75) is 18.4 Å². The SMILES string of the molecule is NC1=NC2(C(=O)O)CC=CCC2C(=O)N1. The first-order valence-electron chi connectivity index (χ1n) is 4.61. The molecule has 2 aliphatic rings. The zero-order valence-electron chi connectivity index (χ0n) is 7.93. The molecule has 2 unspecified atom stereocenters. The predicted octanol–water partition coefficient (Wildman–Crippen LogP) is -0.780. The predicted molar refractivity (Wildman–Crippen MR) is 52.0 cm³/mol. The van der Waals surface area contributed by atoms with Gasteiger partial charge in [-0.15, -0.1) is 0 Å². The van der Waals surface area contributed by atoms with Crippen molar-refractivity contribution in [3.63, 3.8) is 0 Å². The number of hydrogen-bond donors (Lipinski definition) is 3. The summed E-state index contributed by atoms with van der Waals surface area (Å²) >= 11 is 0. The van der Waals surface area contributed by atoms with Crippen molar-refractivity contribution >= 4 is 17.8 Å². The third-order valence-corrected chi connectivity index (χ3v) is 2.80. The first-order valence-corrected chi connectivity index (χ1v) is 4.61. The summed E-state index contributed by atoms with van der Waals surface area (Å²) in [7, 11) is 0. The summed E-state index contributed by atoms with van der Waals surface area (Å²) in [6, 6.07) is 0. The van der Waals surface area contributed by atoms with Gasteiger partial charge in [0.05, 0.1) is 5.92 Å². The molecule has 4 N–H and O–H groups in total. The van der Waals surface area contributed by atoms with Crippen molar-refractivity contribution in [1.29, 1.82) is 0 Å². The second-order valence-corrected chi connectivity index (χ2v) is 3.68. The Bertz CT molecular complexity index is 388. The van der Waals surface area contributed by atoms with Crippen LogP contribution < -0.4 is 11.1 Å². The second kappa shape index (κ2) is 3.08. The minimum absolute atomic E-state index is 0.117. The molecule has 15 heavy (non-hydrogen) atoms. The number of nitrogens with two attached hydrogens (primary N) is 1. The quantitative estimate of drug-likeness (QED) is 0.492. The Balaban J connectivity index is 2.52. The highest BCUT2D eigenvalue weighted by Crippen LogP contribution is 2.35. The van der Waals surface area contributed by atoms with E-state index in [9.17, 15) is 14.7 Å². The van der Waals surface area contributed by atoms with E-state index in [2.05, 4.69) is 10.3 Å². The molecule has 6 nitrogen and oxygen atoms in total. The van der Waals surface area contributed by atoms with E-state index in [1.807, 2.05) is 0 Å². The number of carboxylic acids is 1. The van der Waals surface area contributed by atoms with Gasteiger partial charge in [-0.2, -0.15) is 0 Å². The molecule has 0 aromatic carbocycles. The van der Waals surface area contributed by atoms with Gasteiger partial charge < -0.3 is 10.8 Å². The fourth-order valence-corrected chi connectivity index (χ4v) is 2.02. The molecule has 6 heteroatoms. The Kier molecular flexibility index (Phi) is 1.99. The summed E-state index contributed by atoms with van der Waals surface area (Å²) in [5.74, 6) is -2.25. The molecule has 0 spiro atoms. The van der Waals surface area contributed by atoms with Crippen LogP contribution in [0.2, 0.25) is 0 Å². The molecule has 0 saturated carbocycles. The van der Waals surface area contributed by atoms with Crippen molar-refractivity contribution < 1.29 is 14.7 Å². The molecule has 0 aromatic rings. The lowest BCUT2D eigenvalue weighted by Crippen LogP contribution is -2.59. The van der Waals surface area contributed by atoms with Gasteiger partial charge >= 0.3 is 5.97 Å². The second-order valence-electron chi connectivity index (χ2n) is 3.68. The van der Waals surface area contributed by atoms with E-state index in [4.69, 9.17) is 5.73 Å². The Labute approximate surface area is 85.9 Å². The number of aliphatic carboxylic acids is 1. The van der Waals surface area contributed by atoms with Crippen LogP contribution in [0.4, 0.5) is 0 Å². The van der Waals surface area contributed by atoms with Gasteiger partial charge in [-0.1, -0.05) is 12.2 Å². The van der Waals surface area contributed by atoms with Crippen molar-refractivity contribution in [2.75, 3.05) is 0 Å². The summed E-state index contributed by atoms with van der Waals surface area (Å²) in [6.07, 6.45) is 4.11. The van der Waals surface area contributed by atoms with Crippen LogP contribution >= 0.6 is 0 Å². The fraction of sp³-hybridized carbons (Fsp3) is 0.444. The Morgan fingerprint density at radius 2 is 2.40 bits per heavy atom. The number of fused-ring (bicyclic) bond motifs is 1. The van der Waals surface area contributed by atoms with E-state index in [1.54, 1.807) is 12.2 Å². The maximum absolute atomic E-state index is 11.6. The lowest BCUT2D eigenvalue weighted by Gasteiger charge is -2.37. The molecule has 1 aliphatic carbocycles. The van der Waals surface area contributed by atoms with E-state index in [0.29, 0.717) is 6.42 Å². The molecule has 0 fully saturated rings. The highest BCUT2D eigenvalue weighted by atomic mass is 16.4. The number of allylic oxidation sites excluding steroid dienone is 1. The molecule has 0 bridgehead atoms. The molecule has 1 heterocycles.